The molecule has 2 N–H and O–H groups in total. The first kappa shape index (κ1) is 14.9. The number of hydrogen-bond donors (Lipinski definition) is 1. The largest absolute Gasteiger partial charge is 0.493 e. The number of hydrogen-bond acceptors (Lipinski definition) is 4. The van der Waals surface area contributed by atoms with Gasteiger partial charge in [-0.1, -0.05) is 15.9 Å². The number of benzene rings is 1. The Kier molecular flexibility index (Phi) is 4.40. The summed E-state index contributed by atoms with van der Waals surface area (Å²) in [7, 11) is 3.21. The van der Waals surface area contributed by atoms with E-state index < -0.39 is 0 Å². The van der Waals surface area contributed by atoms with Crippen LogP contribution in [0, 0.1) is 13.8 Å². The van der Waals surface area contributed by atoms with Crippen LogP contribution in [0.2, 0.25) is 0 Å². The van der Waals surface area contributed by atoms with E-state index in [1.54, 1.807) is 14.2 Å². The first-order valence-corrected chi connectivity index (χ1v) is 7.01. The van der Waals surface area contributed by atoms with Gasteiger partial charge < -0.3 is 19.6 Å². The first-order valence-electron chi connectivity index (χ1n) is 6.21. The maximum Gasteiger partial charge on any atom is 0.161 e. The van der Waals surface area contributed by atoms with Crippen LogP contribution in [-0.4, -0.2) is 14.2 Å². The summed E-state index contributed by atoms with van der Waals surface area (Å²) in [6.45, 7) is 3.82. The Labute approximate surface area is 127 Å². The molecule has 0 aliphatic heterocycles. The molecule has 0 fully saturated rings. The SMILES string of the molecule is COc1cc(Br)c(C(N)c2cc(C)oc2C)cc1OC. The van der Waals surface area contributed by atoms with Crippen LogP contribution in [0.5, 0.6) is 11.5 Å². The number of aryl methyl sites for hydroxylation is 2. The van der Waals surface area contributed by atoms with Gasteiger partial charge in [0.05, 0.1) is 20.3 Å². The van der Waals surface area contributed by atoms with Crippen molar-refractivity contribution >= 4 is 15.9 Å². The van der Waals surface area contributed by atoms with Gasteiger partial charge in [-0.05, 0) is 37.6 Å². The Morgan fingerprint density at radius 3 is 2.15 bits per heavy atom. The molecule has 0 spiro atoms. The van der Waals surface area contributed by atoms with Gasteiger partial charge in [0.1, 0.15) is 11.5 Å². The summed E-state index contributed by atoms with van der Waals surface area (Å²) >= 11 is 3.53. The Balaban J connectivity index is 2.49. The van der Waals surface area contributed by atoms with E-state index in [4.69, 9.17) is 19.6 Å². The van der Waals surface area contributed by atoms with Crippen molar-refractivity contribution in [1.82, 2.24) is 0 Å². The van der Waals surface area contributed by atoms with Crippen LogP contribution >= 0.6 is 15.9 Å². The van der Waals surface area contributed by atoms with Crippen molar-refractivity contribution in [2.75, 3.05) is 14.2 Å². The van der Waals surface area contributed by atoms with Gasteiger partial charge in [-0.3, -0.25) is 0 Å². The molecule has 20 heavy (non-hydrogen) atoms. The molecule has 1 heterocycles. The fourth-order valence-electron chi connectivity index (χ4n) is 2.24. The normalized spacial score (nSPS) is 12.3. The number of methoxy groups -OCH3 is 2. The lowest BCUT2D eigenvalue weighted by atomic mass is 9.99. The molecule has 0 aliphatic rings. The van der Waals surface area contributed by atoms with E-state index in [2.05, 4.69) is 15.9 Å². The second-order valence-corrected chi connectivity index (χ2v) is 5.43. The average molecular weight is 340 g/mol. The summed E-state index contributed by atoms with van der Waals surface area (Å²) in [5.41, 5.74) is 8.25. The second kappa shape index (κ2) is 5.89. The number of nitrogens with two attached hydrogens (primary N) is 1. The maximum atomic E-state index is 6.36. The minimum atomic E-state index is -0.290. The van der Waals surface area contributed by atoms with Gasteiger partial charge in [0.2, 0.25) is 0 Å². The van der Waals surface area contributed by atoms with Crippen LogP contribution in [0.25, 0.3) is 0 Å². The molecule has 1 atom stereocenters. The van der Waals surface area contributed by atoms with Crippen molar-refractivity contribution in [1.29, 1.82) is 0 Å². The highest BCUT2D eigenvalue weighted by Gasteiger charge is 2.20. The van der Waals surface area contributed by atoms with Gasteiger partial charge in [-0.2, -0.15) is 0 Å². The van der Waals surface area contributed by atoms with Crippen LogP contribution in [0.1, 0.15) is 28.7 Å². The monoisotopic (exact) mass is 339 g/mol. The predicted octanol–water partition coefficient (Wildman–Crippen LogP) is 3.72. The van der Waals surface area contributed by atoms with Gasteiger partial charge in [0.25, 0.3) is 0 Å². The zero-order chi connectivity index (χ0) is 14.9. The zero-order valence-corrected chi connectivity index (χ0v) is 13.6. The van der Waals surface area contributed by atoms with E-state index in [0.29, 0.717) is 11.5 Å². The molecular weight excluding hydrogens is 322 g/mol. The predicted molar refractivity (Wildman–Crippen MR) is 81.5 cm³/mol. The standard InChI is InChI=1S/C15H18BrNO3/c1-8-5-10(9(2)20-8)15(17)11-6-13(18-3)14(19-4)7-12(11)16/h5-7,15H,17H2,1-4H3. The average Bonchev–Trinajstić information content (AvgIpc) is 2.76. The van der Waals surface area contributed by atoms with Gasteiger partial charge in [0, 0.05) is 10.0 Å². The molecule has 0 aliphatic carbocycles. The number of rotatable bonds is 4. The lowest BCUT2D eigenvalue weighted by molar-refractivity contribution is 0.354. The Morgan fingerprint density at radius 1 is 1.05 bits per heavy atom. The molecule has 4 nitrogen and oxygen atoms in total. The van der Waals surface area contributed by atoms with Crippen LogP contribution in [-0.2, 0) is 0 Å². The minimum absolute atomic E-state index is 0.290. The highest BCUT2D eigenvalue weighted by atomic mass is 79.9. The molecule has 2 aromatic rings. The van der Waals surface area contributed by atoms with Crippen LogP contribution < -0.4 is 15.2 Å². The van der Waals surface area contributed by atoms with Crippen molar-refractivity contribution in [2.24, 2.45) is 5.73 Å². The van der Waals surface area contributed by atoms with Gasteiger partial charge in [0.15, 0.2) is 11.5 Å². The lowest BCUT2D eigenvalue weighted by Crippen LogP contribution is -2.13. The summed E-state index contributed by atoms with van der Waals surface area (Å²) in [5.74, 6) is 3.00. The zero-order valence-electron chi connectivity index (χ0n) is 12.0. The minimum Gasteiger partial charge on any atom is -0.493 e. The van der Waals surface area contributed by atoms with Crippen LogP contribution in [0.3, 0.4) is 0 Å². The molecule has 1 aromatic heterocycles. The molecule has 0 amide bonds. The van der Waals surface area contributed by atoms with Crippen molar-refractivity contribution in [3.63, 3.8) is 0 Å². The van der Waals surface area contributed by atoms with E-state index in [1.165, 1.54) is 0 Å². The summed E-state index contributed by atoms with van der Waals surface area (Å²) in [6, 6.07) is 5.41. The van der Waals surface area contributed by atoms with E-state index >= 15 is 0 Å². The Morgan fingerprint density at radius 2 is 1.65 bits per heavy atom. The molecule has 108 valence electrons. The highest BCUT2D eigenvalue weighted by Crippen LogP contribution is 2.38. The Hall–Kier alpha value is -1.46. The van der Waals surface area contributed by atoms with E-state index in [-0.39, 0.29) is 6.04 Å². The molecule has 1 unspecified atom stereocenters. The topological polar surface area (TPSA) is 57.6 Å². The van der Waals surface area contributed by atoms with Crippen molar-refractivity contribution < 1.29 is 13.9 Å². The smallest absolute Gasteiger partial charge is 0.161 e. The lowest BCUT2D eigenvalue weighted by Gasteiger charge is -2.16. The molecule has 5 heteroatoms. The molecule has 0 saturated heterocycles. The van der Waals surface area contributed by atoms with Crippen molar-refractivity contribution in [3.8, 4) is 11.5 Å². The van der Waals surface area contributed by atoms with Crippen LogP contribution in [0.4, 0.5) is 0 Å². The van der Waals surface area contributed by atoms with E-state index in [0.717, 1.165) is 27.1 Å². The molecule has 0 radical (unpaired) electrons. The highest BCUT2D eigenvalue weighted by molar-refractivity contribution is 9.10. The summed E-state index contributed by atoms with van der Waals surface area (Å²) in [5, 5.41) is 0. The van der Waals surface area contributed by atoms with Crippen molar-refractivity contribution in [3.05, 3.63) is 45.3 Å². The molecule has 1 aromatic carbocycles. The first-order chi connectivity index (χ1) is 9.47. The summed E-state index contributed by atoms with van der Waals surface area (Å²) < 4.78 is 17.0. The summed E-state index contributed by atoms with van der Waals surface area (Å²) in [4.78, 5) is 0. The fourth-order valence-corrected chi connectivity index (χ4v) is 2.80. The molecule has 0 saturated carbocycles. The number of halogens is 1. The van der Waals surface area contributed by atoms with E-state index in [1.807, 2.05) is 32.0 Å². The fraction of sp³-hybridized carbons (Fsp3) is 0.333. The maximum absolute atomic E-state index is 6.36. The number of ether oxygens (including phenoxy) is 2. The summed E-state index contributed by atoms with van der Waals surface area (Å²) in [6.07, 6.45) is 0. The second-order valence-electron chi connectivity index (χ2n) is 4.57. The molecule has 0 bridgehead atoms. The number of furan rings is 1. The third-order valence-electron chi connectivity index (χ3n) is 3.25. The Bertz CT molecular complexity index is 622. The van der Waals surface area contributed by atoms with Crippen LogP contribution in [0.15, 0.2) is 27.1 Å². The van der Waals surface area contributed by atoms with Crippen molar-refractivity contribution in [2.45, 2.75) is 19.9 Å². The van der Waals surface area contributed by atoms with Gasteiger partial charge in [-0.15, -0.1) is 0 Å². The third kappa shape index (κ3) is 2.69. The molecular formula is C15H18BrNO3. The quantitative estimate of drug-likeness (QED) is 0.922. The third-order valence-corrected chi connectivity index (χ3v) is 3.94. The molecule has 2 rings (SSSR count). The van der Waals surface area contributed by atoms with Gasteiger partial charge >= 0.3 is 0 Å². The van der Waals surface area contributed by atoms with E-state index in [9.17, 15) is 0 Å². The van der Waals surface area contributed by atoms with Gasteiger partial charge in [-0.25, -0.2) is 0 Å².